The van der Waals surface area contributed by atoms with Crippen molar-refractivity contribution in [2.24, 2.45) is 0 Å². The van der Waals surface area contributed by atoms with E-state index in [0.717, 1.165) is 12.1 Å². The van der Waals surface area contributed by atoms with Crippen LogP contribution >= 0.6 is 0 Å². The van der Waals surface area contributed by atoms with E-state index in [2.05, 4.69) is 4.98 Å². The Kier molecular flexibility index (Phi) is 5.34. The normalized spacial score (nSPS) is 14.9. The molecule has 0 bridgehead atoms. The van der Waals surface area contributed by atoms with Crippen LogP contribution in [-0.2, 0) is 0 Å². The van der Waals surface area contributed by atoms with E-state index < -0.39 is 6.10 Å². The summed E-state index contributed by atoms with van der Waals surface area (Å²) in [7, 11) is 0. The summed E-state index contributed by atoms with van der Waals surface area (Å²) >= 11 is 0. The van der Waals surface area contributed by atoms with Crippen molar-refractivity contribution >= 4 is 5.82 Å². The molecule has 0 amide bonds. The van der Waals surface area contributed by atoms with Gasteiger partial charge in [-0.2, -0.15) is 0 Å². The highest BCUT2D eigenvalue weighted by molar-refractivity contribution is 5.30. The third-order valence-corrected chi connectivity index (χ3v) is 2.90. The van der Waals surface area contributed by atoms with Crippen LogP contribution in [0.15, 0.2) is 18.3 Å². The van der Waals surface area contributed by atoms with E-state index in [0.29, 0.717) is 12.4 Å². The number of aliphatic hydroxyl groups is 2. The maximum absolute atomic E-state index is 10.1. The van der Waals surface area contributed by atoms with Crippen molar-refractivity contribution in [3.63, 3.8) is 0 Å². The van der Waals surface area contributed by atoms with Gasteiger partial charge in [0.2, 0.25) is 0 Å². The van der Waals surface area contributed by atoms with Gasteiger partial charge in [-0.25, -0.2) is 4.98 Å². The molecule has 0 radical (unpaired) electrons. The van der Waals surface area contributed by atoms with Gasteiger partial charge in [-0.05, 0) is 19.5 Å². The standard InChI is InChI=1S/C12H21N3O2/c1-3-15(9(2)8-16)7-11(17)10-4-5-12(13)14-6-10/h4-6,9,11,16-17H,3,7-8H2,1-2H3,(H2,13,14)/t9-,11?/m0/s1. The van der Waals surface area contributed by atoms with Gasteiger partial charge in [0.1, 0.15) is 5.82 Å². The van der Waals surface area contributed by atoms with Crippen LogP contribution in [0.5, 0.6) is 0 Å². The molecule has 0 saturated heterocycles. The average molecular weight is 239 g/mol. The number of pyridine rings is 1. The molecule has 0 aliphatic rings. The molecular weight excluding hydrogens is 218 g/mol. The van der Waals surface area contributed by atoms with E-state index in [9.17, 15) is 5.11 Å². The maximum atomic E-state index is 10.1. The summed E-state index contributed by atoms with van der Waals surface area (Å²) in [4.78, 5) is 5.96. The van der Waals surface area contributed by atoms with Crippen molar-refractivity contribution in [3.8, 4) is 0 Å². The molecule has 0 aliphatic carbocycles. The number of aromatic nitrogens is 1. The molecule has 5 nitrogen and oxygen atoms in total. The van der Waals surface area contributed by atoms with Gasteiger partial charge in [0.05, 0.1) is 12.7 Å². The Morgan fingerprint density at radius 1 is 1.47 bits per heavy atom. The predicted octanol–water partition coefficient (Wildman–Crippen LogP) is 0.400. The molecule has 96 valence electrons. The minimum Gasteiger partial charge on any atom is -0.395 e. The van der Waals surface area contributed by atoms with E-state index in [4.69, 9.17) is 10.8 Å². The molecule has 4 N–H and O–H groups in total. The first-order valence-electron chi connectivity index (χ1n) is 5.82. The van der Waals surface area contributed by atoms with Gasteiger partial charge in [0.15, 0.2) is 0 Å². The van der Waals surface area contributed by atoms with E-state index in [-0.39, 0.29) is 12.6 Å². The molecule has 1 rings (SSSR count). The third-order valence-electron chi connectivity index (χ3n) is 2.90. The number of aliphatic hydroxyl groups excluding tert-OH is 2. The summed E-state index contributed by atoms with van der Waals surface area (Å²) in [5, 5.41) is 19.2. The van der Waals surface area contributed by atoms with Gasteiger partial charge in [0, 0.05) is 24.3 Å². The summed E-state index contributed by atoms with van der Waals surface area (Å²) in [5.74, 6) is 0.442. The molecular formula is C12H21N3O2. The Hall–Kier alpha value is -1.17. The molecule has 0 aliphatic heterocycles. The molecule has 0 spiro atoms. The zero-order chi connectivity index (χ0) is 12.8. The average Bonchev–Trinajstić information content (AvgIpc) is 2.35. The largest absolute Gasteiger partial charge is 0.395 e. The molecule has 1 heterocycles. The number of hydrogen-bond acceptors (Lipinski definition) is 5. The lowest BCUT2D eigenvalue weighted by Gasteiger charge is -2.28. The number of likely N-dealkylation sites (N-methyl/N-ethyl adjacent to an activating group) is 1. The van der Waals surface area contributed by atoms with Crippen LogP contribution in [0.1, 0.15) is 25.5 Å². The van der Waals surface area contributed by atoms with Crippen LogP contribution in [0.25, 0.3) is 0 Å². The number of nitrogen functional groups attached to an aromatic ring is 1. The molecule has 0 fully saturated rings. The van der Waals surface area contributed by atoms with Crippen LogP contribution in [0.2, 0.25) is 0 Å². The third kappa shape index (κ3) is 3.96. The highest BCUT2D eigenvalue weighted by Gasteiger charge is 2.16. The quantitative estimate of drug-likeness (QED) is 0.669. The lowest BCUT2D eigenvalue weighted by atomic mass is 10.1. The molecule has 1 aromatic rings. The van der Waals surface area contributed by atoms with E-state index >= 15 is 0 Å². The lowest BCUT2D eigenvalue weighted by molar-refractivity contribution is 0.0720. The fourth-order valence-electron chi connectivity index (χ4n) is 1.68. The fraction of sp³-hybridized carbons (Fsp3) is 0.583. The van der Waals surface area contributed by atoms with Gasteiger partial charge < -0.3 is 15.9 Å². The van der Waals surface area contributed by atoms with E-state index in [1.165, 1.54) is 0 Å². The zero-order valence-corrected chi connectivity index (χ0v) is 10.4. The summed E-state index contributed by atoms with van der Waals surface area (Å²) in [6.45, 7) is 5.27. The second-order valence-electron chi connectivity index (χ2n) is 4.15. The summed E-state index contributed by atoms with van der Waals surface area (Å²) in [6.07, 6.45) is 0.967. The molecule has 0 saturated carbocycles. The molecule has 1 aromatic heterocycles. The van der Waals surface area contributed by atoms with Crippen molar-refractivity contribution < 1.29 is 10.2 Å². The number of nitrogens with two attached hydrogens (primary N) is 1. The molecule has 1 unspecified atom stereocenters. The van der Waals surface area contributed by atoms with Crippen molar-refractivity contribution in [2.45, 2.75) is 26.0 Å². The molecule has 5 heteroatoms. The first kappa shape index (κ1) is 13.9. The highest BCUT2D eigenvalue weighted by Crippen LogP contribution is 2.15. The predicted molar refractivity (Wildman–Crippen MR) is 67.4 cm³/mol. The number of rotatable bonds is 6. The second kappa shape index (κ2) is 6.54. The minimum atomic E-state index is -0.614. The van der Waals surface area contributed by atoms with Crippen LogP contribution in [0, 0.1) is 0 Å². The maximum Gasteiger partial charge on any atom is 0.123 e. The van der Waals surface area contributed by atoms with Crippen molar-refractivity contribution in [3.05, 3.63) is 23.9 Å². The zero-order valence-electron chi connectivity index (χ0n) is 10.4. The van der Waals surface area contributed by atoms with Gasteiger partial charge in [0.25, 0.3) is 0 Å². The van der Waals surface area contributed by atoms with Crippen molar-refractivity contribution in [2.75, 3.05) is 25.4 Å². The van der Waals surface area contributed by atoms with E-state index in [1.807, 2.05) is 18.7 Å². The Labute approximate surface area is 102 Å². The Morgan fingerprint density at radius 3 is 2.65 bits per heavy atom. The minimum absolute atomic E-state index is 0.0383. The number of anilines is 1. The van der Waals surface area contributed by atoms with Gasteiger partial charge in [-0.15, -0.1) is 0 Å². The lowest BCUT2D eigenvalue weighted by Crippen LogP contribution is -2.38. The van der Waals surface area contributed by atoms with Crippen LogP contribution < -0.4 is 5.73 Å². The van der Waals surface area contributed by atoms with Crippen LogP contribution in [-0.4, -0.2) is 45.8 Å². The summed E-state index contributed by atoms with van der Waals surface area (Å²) in [5.41, 5.74) is 6.23. The first-order valence-corrected chi connectivity index (χ1v) is 5.82. The number of nitrogens with zero attached hydrogens (tertiary/aromatic N) is 2. The van der Waals surface area contributed by atoms with Crippen LogP contribution in [0.4, 0.5) is 5.82 Å². The Balaban J connectivity index is 2.64. The van der Waals surface area contributed by atoms with Crippen molar-refractivity contribution in [1.29, 1.82) is 0 Å². The smallest absolute Gasteiger partial charge is 0.123 e. The topological polar surface area (TPSA) is 82.6 Å². The monoisotopic (exact) mass is 239 g/mol. The fourth-order valence-corrected chi connectivity index (χ4v) is 1.68. The van der Waals surface area contributed by atoms with E-state index in [1.54, 1.807) is 18.3 Å². The van der Waals surface area contributed by atoms with Gasteiger partial charge in [-0.3, -0.25) is 4.90 Å². The SMILES string of the molecule is CCN(CC(O)c1ccc(N)nc1)[C@@H](C)CO. The Bertz CT molecular complexity index is 329. The summed E-state index contributed by atoms with van der Waals surface area (Å²) in [6, 6.07) is 3.48. The van der Waals surface area contributed by atoms with Crippen LogP contribution in [0.3, 0.4) is 0 Å². The molecule has 17 heavy (non-hydrogen) atoms. The second-order valence-corrected chi connectivity index (χ2v) is 4.15. The Morgan fingerprint density at radius 2 is 2.18 bits per heavy atom. The molecule has 2 atom stereocenters. The summed E-state index contributed by atoms with van der Waals surface area (Å²) < 4.78 is 0. The van der Waals surface area contributed by atoms with Crippen molar-refractivity contribution in [1.82, 2.24) is 9.88 Å². The first-order chi connectivity index (χ1) is 8.08. The molecule has 0 aromatic carbocycles. The van der Waals surface area contributed by atoms with Gasteiger partial charge in [-0.1, -0.05) is 13.0 Å². The van der Waals surface area contributed by atoms with Gasteiger partial charge >= 0.3 is 0 Å². The highest BCUT2D eigenvalue weighted by atomic mass is 16.3. The number of hydrogen-bond donors (Lipinski definition) is 3.